The minimum Gasteiger partial charge on any atom is -0.369 e. The molecule has 7 N–H and O–H groups in total. The molecule has 2 rings (SSSR count). The largest absolute Gasteiger partial charge is 0.369 e. The maximum atomic E-state index is 5.92. The predicted molar refractivity (Wildman–Crippen MR) is 56.5 cm³/mol. The molecule has 0 aromatic carbocycles. The lowest BCUT2D eigenvalue weighted by Gasteiger charge is -2.25. The smallest absolute Gasteiger partial charge is 0.252 e. The van der Waals surface area contributed by atoms with Crippen LogP contribution in [0.5, 0.6) is 0 Å². The zero-order valence-corrected chi connectivity index (χ0v) is 7.88. The molecular formula is C8H11N7. The van der Waals surface area contributed by atoms with E-state index in [9.17, 15) is 0 Å². The Kier molecular flexibility index (Phi) is 2.01. The number of pyridine rings is 1. The van der Waals surface area contributed by atoms with Crippen molar-refractivity contribution < 1.29 is 0 Å². The first kappa shape index (κ1) is 9.41. The molecular weight excluding hydrogens is 194 g/mol. The molecule has 2 heterocycles. The van der Waals surface area contributed by atoms with Gasteiger partial charge in [0.1, 0.15) is 5.69 Å². The summed E-state index contributed by atoms with van der Waals surface area (Å²) in [7, 11) is 0. The summed E-state index contributed by atoms with van der Waals surface area (Å²) in [6, 6.07) is 5.27. The number of rotatable bonds is 1. The molecule has 1 aromatic heterocycles. The van der Waals surface area contributed by atoms with Crippen molar-refractivity contribution in [2.45, 2.75) is 5.79 Å². The van der Waals surface area contributed by atoms with Crippen molar-refractivity contribution in [1.82, 2.24) is 10.3 Å². The first-order chi connectivity index (χ1) is 7.10. The molecule has 78 valence electrons. The topological polar surface area (TPSA) is 128 Å². The van der Waals surface area contributed by atoms with Gasteiger partial charge in [0, 0.05) is 6.20 Å². The van der Waals surface area contributed by atoms with Crippen molar-refractivity contribution in [2.24, 2.45) is 27.2 Å². The van der Waals surface area contributed by atoms with Gasteiger partial charge in [-0.25, -0.2) is 9.98 Å². The minimum absolute atomic E-state index is 0.121. The number of hydrogen-bond donors (Lipinski definition) is 4. The van der Waals surface area contributed by atoms with Crippen LogP contribution in [0.2, 0.25) is 0 Å². The van der Waals surface area contributed by atoms with Crippen LogP contribution in [0, 0.1) is 0 Å². The Hall–Kier alpha value is -2.15. The lowest BCUT2D eigenvalue weighted by molar-refractivity contribution is 0.469. The van der Waals surface area contributed by atoms with Crippen LogP contribution in [0.15, 0.2) is 34.4 Å². The second-order valence-corrected chi connectivity index (χ2v) is 3.06. The number of nitrogens with zero attached hydrogens (tertiary/aromatic N) is 3. The molecule has 15 heavy (non-hydrogen) atoms. The molecule has 7 heteroatoms. The van der Waals surface area contributed by atoms with Gasteiger partial charge in [-0.15, -0.1) is 0 Å². The van der Waals surface area contributed by atoms with E-state index in [1.807, 2.05) is 0 Å². The van der Waals surface area contributed by atoms with E-state index in [1.165, 1.54) is 0 Å². The van der Waals surface area contributed by atoms with Gasteiger partial charge >= 0.3 is 0 Å². The van der Waals surface area contributed by atoms with Crippen LogP contribution < -0.4 is 22.5 Å². The molecule has 0 fully saturated rings. The van der Waals surface area contributed by atoms with Gasteiger partial charge in [0.25, 0.3) is 5.79 Å². The van der Waals surface area contributed by atoms with E-state index in [2.05, 4.69) is 20.3 Å². The number of guanidine groups is 2. The van der Waals surface area contributed by atoms with Crippen LogP contribution in [0.3, 0.4) is 0 Å². The molecule has 0 radical (unpaired) electrons. The zero-order valence-electron chi connectivity index (χ0n) is 7.88. The van der Waals surface area contributed by atoms with E-state index >= 15 is 0 Å². The summed E-state index contributed by atoms with van der Waals surface area (Å²) in [6.07, 6.45) is 1.60. The van der Waals surface area contributed by atoms with Gasteiger partial charge in [-0.2, -0.15) is 0 Å². The molecule has 0 saturated carbocycles. The Balaban J connectivity index is 2.46. The Morgan fingerprint density at radius 2 is 1.80 bits per heavy atom. The molecule has 7 nitrogen and oxygen atoms in total. The van der Waals surface area contributed by atoms with E-state index in [-0.39, 0.29) is 11.9 Å². The fourth-order valence-electron chi connectivity index (χ4n) is 1.27. The van der Waals surface area contributed by atoms with Gasteiger partial charge in [-0.1, -0.05) is 6.07 Å². The van der Waals surface area contributed by atoms with Crippen LogP contribution in [0.1, 0.15) is 5.69 Å². The fraction of sp³-hybridized carbons (Fsp3) is 0.125. The third kappa shape index (κ3) is 1.72. The molecule has 0 saturated heterocycles. The molecule has 0 aliphatic carbocycles. The predicted octanol–water partition coefficient (Wildman–Crippen LogP) is -1.62. The van der Waals surface area contributed by atoms with Crippen LogP contribution in [-0.2, 0) is 5.79 Å². The Bertz CT molecular complexity index is 404. The van der Waals surface area contributed by atoms with Crippen molar-refractivity contribution in [1.29, 1.82) is 0 Å². The molecule has 1 aliphatic rings. The summed E-state index contributed by atoms with van der Waals surface area (Å²) < 4.78 is 0. The Morgan fingerprint density at radius 1 is 1.13 bits per heavy atom. The second kappa shape index (κ2) is 3.21. The van der Waals surface area contributed by atoms with E-state index < -0.39 is 5.79 Å². The van der Waals surface area contributed by atoms with Gasteiger partial charge in [-0.05, 0) is 12.1 Å². The average Bonchev–Trinajstić information content (AvgIpc) is 2.17. The van der Waals surface area contributed by atoms with E-state index in [0.717, 1.165) is 0 Å². The van der Waals surface area contributed by atoms with Gasteiger partial charge in [0.05, 0.1) is 0 Å². The SMILES string of the molecule is NC1=NC(N)(c2ccccn2)N=C(N)N1. The number of nitrogens with two attached hydrogens (primary N) is 3. The van der Waals surface area contributed by atoms with Crippen molar-refractivity contribution in [3.63, 3.8) is 0 Å². The van der Waals surface area contributed by atoms with Crippen LogP contribution in [0.4, 0.5) is 0 Å². The molecule has 0 spiro atoms. The highest BCUT2D eigenvalue weighted by atomic mass is 15.4. The highest BCUT2D eigenvalue weighted by Crippen LogP contribution is 2.20. The summed E-state index contributed by atoms with van der Waals surface area (Å²) >= 11 is 0. The molecule has 0 amide bonds. The van der Waals surface area contributed by atoms with Crippen LogP contribution in [-0.4, -0.2) is 16.9 Å². The molecule has 0 atom stereocenters. The Labute approximate surface area is 86.1 Å². The summed E-state index contributed by atoms with van der Waals surface area (Å²) in [4.78, 5) is 12.0. The van der Waals surface area contributed by atoms with Crippen LogP contribution in [0.25, 0.3) is 0 Å². The average molecular weight is 205 g/mol. The first-order valence-electron chi connectivity index (χ1n) is 4.28. The van der Waals surface area contributed by atoms with Gasteiger partial charge in [0.15, 0.2) is 11.9 Å². The standard InChI is InChI=1S/C8H11N7/c9-6-13-7(10)15-8(11,14-6)5-3-1-2-4-12-5/h1-4H,11H2,(H5,9,10,13,14,15). The quantitative estimate of drug-likeness (QED) is 0.438. The minimum atomic E-state index is -1.33. The lowest BCUT2D eigenvalue weighted by atomic mass is 10.2. The number of hydrogen-bond acceptors (Lipinski definition) is 7. The molecule has 1 aromatic rings. The first-order valence-corrected chi connectivity index (χ1v) is 4.28. The third-order valence-electron chi connectivity index (χ3n) is 1.88. The zero-order chi connectivity index (χ0) is 10.9. The maximum Gasteiger partial charge on any atom is 0.252 e. The maximum absolute atomic E-state index is 5.92. The number of aliphatic imine (C=N–C) groups is 2. The van der Waals surface area contributed by atoms with E-state index in [0.29, 0.717) is 5.69 Å². The summed E-state index contributed by atoms with van der Waals surface area (Å²) in [5, 5.41) is 2.55. The van der Waals surface area contributed by atoms with Gasteiger partial charge in [0.2, 0.25) is 0 Å². The summed E-state index contributed by atoms with van der Waals surface area (Å²) in [5.41, 5.74) is 17.4. The van der Waals surface area contributed by atoms with Crippen molar-refractivity contribution in [3.8, 4) is 0 Å². The fourth-order valence-corrected chi connectivity index (χ4v) is 1.27. The van der Waals surface area contributed by atoms with Crippen LogP contribution >= 0.6 is 0 Å². The molecule has 0 unspecified atom stereocenters. The van der Waals surface area contributed by atoms with Crippen molar-refractivity contribution in [2.75, 3.05) is 0 Å². The highest BCUT2D eigenvalue weighted by Gasteiger charge is 2.31. The summed E-state index contributed by atoms with van der Waals surface area (Å²) in [6.45, 7) is 0. The second-order valence-electron chi connectivity index (χ2n) is 3.06. The highest BCUT2D eigenvalue weighted by molar-refractivity contribution is 5.98. The van der Waals surface area contributed by atoms with E-state index in [1.54, 1.807) is 24.4 Å². The lowest BCUT2D eigenvalue weighted by Crippen LogP contribution is -2.51. The van der Waals surface area contributed by atoms with Crippen molar-refractivity contribution in [3.05, 3.63) is 30.1 Å². The number of aromatic nitrogens is 1. The normalized spacial score (nSPS) is 18.7. The Morgan fingerprint density at radius 3 is 2.33 bits per heavy atom. The monoisotopic (exact) mass is 205 g/mol. The molecule has 1 aliphatic heterocycles. The third-order valence-corrected chi connectivity index (χ3v) is 1.88. The van der Waals surface area contributed by atoms with Crippen molar-refractivity contribution >= 4 is 11.9 Å². The summed E-state index contributed by atoms with van der Waals surface area (Å²) in [5.74, 6) is -1.09. The van der Waals surface area contributed by atoms with Gasteiger partial charge in [-0.3, -0.25) is 16.0 Å². The van der Waals surface area contributed by atoms with E-state index in [4.69, 9.17) is 17.2 Å². The number of nitrogens with one attached hydrogen (secondary N) is 1. The molecule has 0 bridgehead atoms. The van der Waals surface area contributed by atoms with Gasteiger partial charge < -0.3 is 11.5 Å².